The molecule has 1 aromatic carbocycles. The van der Waals surface area contributed by atoms with Crippen LogP contribution in [0.4, 0.5) is 0 Å². The molecule has 0 spiro atoms. The maximum atomic E-state index is 11.2. The first-order valence-electron chi connectivity index (χ1n) is 5.59. The molecule has 0 aliphatic rings. The molecular formula is C13H19NO3. The van der Waals surface area contributed by atoms with Gasteiger partial charge in [-0.3, -0.25) is 4.79 Å². The van der Waals surface area contributed by atoms with Crippen LogP contribution in [0.3, 0.4) is 0 Å². The van der Waals surface area contributed by atoms with Gasteiger partial charge in [-0.1, -0.05) is 6.07 Å². The first-order valence-corrected chi connectivity index (χ1v) is 5.59. The minimum absolute atomic E-state index is 0.258. The quantitative estimate of drug-likeness (QED) is 0.792. The number of nitrogens with two attached hydrogens (primary N) is 1. The number of rotatable bonds is 5. The Morgan fingerprint density at radius 3 is 2.59 bits per heavy atom. The van der Waals surface area contributed by atoms with E-state index in [9.17, 15) is 4.79 Å². The molecule has 0 atom stereocenters. The molecular weight excluding hydrogens is 218 g/mol. The number of esters is 1. The van der Waals surface area contributed by atoms with Gasteiger partial charge < -0.3 is 15.2 Å². The van der Waals surface area contributed by atoms with Gasteiger partial charge in [0.1, 0.15) is 12.4 Å². The highest BCUT2D eigenvalue weighted by Crippen LogP contribution is 2.24. The lowest BCUT2D eigenvalue weighted by Crippen LogP contribution is -2.11. The molecule has 0 unspecified atom stereocenters. The zero-order chi connectivity index (χ0) is 12.8. The van der Waals surface area contributed by atoms with E-state index in [2.05, 4.69) is 0 Å². The fourth-order valence-corrected chi connectivity index (χ4v) is 1.58. The molecule has 0 aliphatic heterocycles. The lowest BCUT2D eigenvalue weighted by molar-refractivity contribution is -0.144. The topological polar surface area (TPSA) is 61.5 Å². The monoisotopic (exact) mass is 237 g/mol. The van der Waals surface area contributed by atoms with Crippen LogP contribution < -0.4 is 10.5 Å². The van der Waals surface area contributed by atoms with Gasteiger partial charge >= 0.3 is 5.97 Å². The molecule has 0 saturated carbocycles. The third kappa shape index (κ3) is 3.46. The maximum absolute atomic E-state index is 11.2. The average Bonchev–Trinajstić information content (AvgIpc) is 2.31. The van der Waals surface area contributed by atoms with E-state index in [1.807, 2.05) is 26.0 Å². The SMILES string of the molecule is COc1ccc(COC(=O)CCN)c(C)c1C. The van der Waals surface area contributed by atoms with E-state index >= 15 is 0 Å². The Morgan fingerprint density at radius 1 is 1.29 bits per heavy atom. The van der Waals surface area contributed by atoms with Gasteiger partial charge in [-0.2, -0.15) is 0 Å². The Labute approximate surface area is 102 Å². The van der Waals surface area contributed by atoms with E-state index < -0.39 is 0 Å². The van der Waals surface area contributed by atoms with Crippen molar-refractivity contribution in [3.8, 4) is 5.75 Å². The fraction of sp³-hybridized carbons (Fsp3) is 0.462. The van der Waals surface area contributed by atoms with Crippen LogP contribution in [-0.4, -0.2) is 19.6 Å². The molecule has 2 N–H and O–H groups in total. The lowest BCUT2D eigenvalue weighted by atomic mass is 10.0. The molecule has 0 aromatic heterocycles. The number of hydrogen-bond donors (Lipinski definition) is 1. The Bertz CT molecular complexity index is 402. The van der Waals surface area contributed by atoms with Crippen LogP contribution in [0.25, 0.3) is 0 Å². The first-order chi connectivity index (χ1) is 8.10. The molecule has 17 heavy (non-hydrogen) atoms. The molecule has 0 bridgehead atoms. The zero-order valence-electron chi connectivity index (χ0n) is 10.6. The Hall–Kier alpha value is -1.55. The van der Waals surface area contributed by atoms with E-state index in [1.165, 1.54) is 0 Å². The van der Waals surface area contributed by atoms with Crippen molar-refractivity contribution in [3.63, 3.8) is 0 Å². The third-order valence-corrected chi connectivity index (χ3v) is 2.81. The first kappa shape index (κ1) is 13.5. The van der Waals surface area contributed by atoms with Crippen LogP contribution in [0, 0.1) is 13.8 Å². The van der Waals surface area contributed by atoms with Crippen LogP contribution in [0.2, 0.25) is 0 Å². The van der Waals surface area contributed by atoms with Gasteiger partial charge in [0.25, 0.3) is 0 Å². The second kappa shape index (κ2) is 6.25. The Morgan fingerprint density at radius 2 is 2.00 bits per heavy atom. The number of methoxy groups -OCH3 is 1. The van der Waals surface area contributed by atoms with Gasteiger partial charge in [0.15, 0.2) is 0 Å². The third-order valence-electron chi connectivity index (χ3n) is 2.81. The van der Waals surface area contributed by atoms with Crippen LogP contribution in [0.5, 0.6) is 5.75 Å². The van der Waals surface area contributed by atoms with Crippen LogP contribution >= 0.6 is 0 Å². The highest BCUT2D eigenvalue weighted by Gasteiger charge is 2.08. The van der Waals surface area contributed by atoms with Crippen molar-refractivity contribution in [1.29, 1.82) is 0 Å². The van der Waals surface area contributed by atoms with Crippen molar-refractivity contribution < 1.29 is 14.3 Å². The Balaban J connectivity index is 2.73. The Kier molecular flexibility index (Phi) is 4.97. The smallest absolute Gasteiger partial charge is 0.307 e. The number of carbonyl (C=O) groups is 1. The summed E-state index contributed by atoms with van der Waals surface area (Å²) < 4.78 is 10.3. The van der Waals surface area contributed by atoms with Gasteiger partial charge in [0.2, 0.25) is 0 Å². The highest BCUT2D eigenvalue weighted by molar-refractivity contribution is 5.69. The lowest BCUT2D eigenvalue weighted by Gasteiger charge is -2.12. The molecule has 0 aliphatic carbocycles. The molecule has 94 valence electrons. The number of ether oxygens (including phenoxy) is 2. The average molecular weight is 237 g/mol. The van der Waals surface area contributed by atoms with E-state index in [0.717, 1.165) is 22.4 Å². The van der Waals surface area contributed by atoms with E-state index in [0.29, 0.717) is 6.54 Å². The number of benzene rings is 1. The van der Waals surface area contributed by atoms with Crippen molar-refractivity contribution >= 4 is 5.97 Å². The van der Waals surface area contributed by atoms with Gasteiger partial charge in [-0.15, -0.1) is 0 Å². The van der Waals surface area contributed by atoms with Crippen molar-refractivity contribution in [3.05, 3.63) is 28.8 Å². The van der Waals surface area contributed by atoms with Crippen LogP contribution in [-0.2, 0) is 16.1 Å². The van der Waals surface area contributed by atoms with Gasteiger partial charge in [0.05, 0.1) is 13.5 Å². The van der Waals surface area contributed by atoms with Crippen molar-refractivity contribution in [2.45, 2.75) is 26.9 Å². The molecule has 1 aromatic rings. The molecule has 0 saturated heterocycles. The summed E-state index contributed by atoms with van der Waals surface area (Å²) in [5, 5.41) is 0. The summed E-state index contributed by atoms with van der Waals surface area (Å²) in [6.07, 6.45) is 0.258. The zero-order valence-corrected chi connectivity index (χ0v) is 10.6. The maximum Gasteiger partial charge on any atom is 0.307 e. The van der Waals surface area contributed by atoms with E-state index in [4.69, 9.17) is 15.2 Å². The minimum Gasteiger partial charge on any atom is -0.496 e. The van der Waals surface area contributed by atoms with E-state index in [-0.39, 0.29) is 19.0 Å². The normalized spacial score (nSPS) is 10.1. The second-order valence-electron chi connectivity index (χ2n) is 3.88. The van der Waals surface area contributed by atoms with Crippen molar-refractivity contribution in [2.75, 3.05) is 13.7 Å². The second-order valence-corrected chi connectivity index (χ2v) is 3.88. The minimum atomic E-state index is -0.264. The van der Waals surface area contributed by atoms with Crippen LogP contribution in [0.15, 0.2) is 12.1 Å². The summed E-state index contributed by atoms with van der Waals surface area (Å²) >= 11 is 0. The van der Waals surface area contributed by atoms with Crippen molar-refractivity contribution in [1.82, 2.24) is 0 Å². The molecule has 0 amide bonds. The number of hydrogen-bond acceptors (Lipinski definition) is 4. The summed E-state index contributed by atoms with van der Waals surface area (Å²) in [6, 6.07) is 3.80. The summed E-state index contributed by atoms with van der Waals surface area (Å²) in [4.78, 5) is 11.2. The van der Waals surface area contributed by atoms with Crippen molar-refractivity contribution in [2.24, 2.45) is 5.73 Å². The predicted molar refractivity (Wildman–Crippen MR) is 65.9 cm³/mol. The van der Waals surface area contributed by atoms with Gasteiger partial charge in [-0.25, -0.2) is 0 Å². The molecule has 0 fully saturated rings. The standard InChI is InChI=1S/C13H19NO3/c1-9-10(2)12(16-3)5-4-11(9)8-17-13(15)6-7-14/h4-5H,6-8,14H2,1-3H3. The van der Waals surface area contributed by atoms with Gasteiger partial charge in [-0.05, 0) is 36.6 Å². The molecule has 0 heterocycles. The molecule has 1 rings (SSSR count). The predicted octanol–water partition coefficient (Wildman–Crippen LogP) is 1.70. The molecule has 4 heteroatoms. The summed E-state index contributed by atoms with van der Waals surface area (Å²) in [6.45, 7) is 4.58. The molecule has 4 nitrogen and oxygen atoms in total. The highest BCUT2D eigenvalue weighted by atomic mass is 16.5. The number of carbonyl (C=O) groups excluding carboxylic acids is 1. The summed E-state index contributed by atoms with van der Waals surface area (Å²) in [7, 11) is 1.64. The fourth-order valence-electron chi connectivity index (χ4n) is 1.58. The summed E-state index contributed by atoms with van der Waals surface area (Å²) in [5.41, 5.74) is 8.42. The van der Waals surface area contributed by atoms with Gasteiger partial charge in [0, 0.05) is 6.54 Å². The molecule has 0 radical (unpaired) electrons. The largest absolute Gasteiger partial charge is 0.496 e. The van der Waals surface area contributed by atoms with Crippen LogP contribution in [0.1, 0.15) is 23.1 Å². The summed E-state index contributed by atoms with van der Waals surface area (Å²) in [5.74, 6) is 0.583. The van der Waals surface area contributed by atoms with E-state index in [1.54, 1.807) is 7.11 Å².